The maximum Gasteiger partial charge on any atom is 0.161 e. The van der Waals surface area contributed by atoms with Crippen LogP contribution in [0.1, 0.15) is 26.2 Å². The van der Waals surface area contributed by atoms with Gasteiger partial charge in [0.2, 0.25) is 0 Å². The first-order valence-corrected chi connectivity index (χ1v) is 6.74. The Morgan fingerprint density at radius 2 is 1.74 bits per heavy atom. The number of anilines is 1. The van der Waals surface area contributed by atoms with Gasteiger partial charge < -0.3 is 10.2 Å². The SMILES string of the molecule is CCCNC1CCN(c2cc(F)c(F)cc2F)CC1. The molecule has 1 aliphatic rings. The summed E-state index contributed by atoms with van der Waals surface area (Å²) in [6, 6.07) is 2.00. The van der Waals surface area contributed by atoms with E-state index in [1.807, 2.05) is 0 Å². The van der Waals surface area contributed by atoms with E-state index in [2.05, 4.69) is 12.2 Å². The van der Waals surface area contributed by atoms with Gasteiger partial charge in [-0.1, -0.05) is 6.92 Å². The number of benzene rings is 1. The van der Waals surface area contributed by atoms with Crippen LogP contribution in [0.15, 0.2) is 12.1 Å². The molecule has 0 radical (unpaired) electrons. The average molecular weight is 272 g/mol. The molecule has 0 unspecified atom stereocenters. The first-order chi connectivity index (χ1) is 9.11. The second kappa shape index (κ2) is 6.28. The van der Waals surface area contributed by atoms with Crippen molar-refractivity contribution in [1.82, 2.24) is 5.32 Å². The Balaban J connectivity index is 1.99. The molecule has 0 saturated carbocycles. The van der Waals surface area contributed by atoms with E-state index in [9.17, 15) is 13.2 Å². The average Bonchev–Trinajstić information content (AvgIpc) is 2.41. The number of rotatable bonds is 4. The molecule has 0 bridgehead atoms. The third-order valence-electron chi connectivity index (χ3n) is 3.51. The summed E-state index contributed by atoms with van der Waals surface area (Å²) >= 11 is 0. The minimum atomic E-state index is -1.14. The first-order valence-electron chi connectivity index (χ1n) is 6.74. The van der Waals surface area contributed by atoms with E-state index in [1.165, 1.54) is 0 Å². The van der Waals surface area contributed by atoms with Gasteiger partial charge in [0.15, 0.2) is 11.6 Å². The monoisotopic (exact) mass is 272 g/mol. The van der Waals surface area contributed by atoms with Crippen molar-refractivity contribution in [2.75, 3.05) is 24.5 Å². The molecule has 1 N–H and O–H groups in total. The van der Waals surface area contributed by atoms with Crippen molar-refractivity contribution in [3.63, 3.8) is 0 Å². The molecule has 0 amide bonds. The molecule has 0 aliphatic carbocycles. The molecule has 2 nitrogen and oxygen atoms in total. The van der Waals surface area contributed by atoms with Crippen molar-refractivity contribution >= 4 is 5.69 Å². The molecule has 1 heterocycles. The zero-order chi connectivity index (χ0) is 13.8. The maximum absolute atomic E-state index is 13.7. The quantitative estimate of drug-likeness (QED) is 0.847. The van der Waals surface area contributed by atoms with Gasteiger partial charge >= 0.3 is 0 Å². The van der Waals surface area contributed by atoms with Crippen LogP contribution >= 0.6 is 0 Å². The molecular formula is C14H19F3N2. The van der Waals surface area contributed by atoms with Crippen molar-refractivity contribution in [3.8, 4) is 0 Å². The molecule has 0 spiro atoms. The Morgan fingerprint density at radius 3 is 2.37 bits per heavy atom. The predicted octanol–water partition coefficient (Wildman–Crippen LogP) is 3.07. The number of hydrogen-bond donors (Lipinski definition) is 1. The third-order valence-corrected chi connectivity index (χ3v) is 3.51. The highest BCUT2D eigenvalue weighted by Gasteiger charge is 2.22. The molecule has 1 aliphatic heterocycles. The van der Waals surface area contributed by atoms with Crippen molar-refractivity contribution in [2.45, 2.75) is 32.2 Å². The Bertz CT molecular complexity index is 429. The Labute approximate surface area is 111 Å². The molecule has 2 rings (SSSR count). The lowest BCUT2D eigenvalue weighted by Crippen LogP contribution is -2.43. The topological polar surface area (TPSA) is 15.3 Å². The van der Waals surface area contributed by atoms with Gasteiger partial charge in [-0.05, 0) is 25.8 Å². The second-order valence-corrected chi connectivity index (χ2v) is 4.93. The van der Waals surface area contributed by atoms with Gasteiger partial charge in [-0.2, -0.15) is 0 Å². The predicted molar refractivity (Wildman–Crippen MR) is 69.8 cm³/mol. The minimum absolute atomic E-state index is 0.160. The van der Waals surface area contributed by atoms with Crippen molar-refractivity contribution in [1.29, 1.82) is 0 Å². The molecular weight excluding hydrogens is 253 g/mol. The molecule has 1 fully saturated rings. The molecule has 0 atom stereocenters. The lowest BCUT2D eigenvalue weighted by Gasteiger charge is -2.34. The van der Waals surface area contributed by atoms with E-state index in [1.54, 1.807) is 4.90 Å². The zero-order valence-corrected chi connectivity index (χ0v) is 11.1. The Morgan fingerprint density at radius 1 is 1.11 bits per heavy atom. The van der Waals surface area contributed by atoms with Crippen molar-refractivity contribution in [3.05, 3.63) is 29.6 Å². The number of nitrogens with one attached hydrogen (secondary N) is 1. The molecule has 5 heteroatoms. The Hall–Kier alpha value is -1.23. The fraction of sp³-hybridized carbons (Fsp3) is 0.571. The van der Waals surface area contributed by atoms with Gasteiger partial charge in [-0.25, -0.2) is 13.2 Å². The zero-order valence-electron chi connectivity index (χ0n) is 11.1. The highest BCUT2D eigenvalue weighted by molar-refractivity contribution is 5.48. The number of piperidine rings is 1. The summed E-state index contributed by atoms with van der Waals surface area (Å²) in [4.78, 5) is 1.78. The highest BCUT2D eigenvalue weighted by atomic mass is 19.2. The van der Waals surface area contributed by atoms with Gasteiger partial charge in [0.25, 0.3) is 0 Å². The van der Waals surface area contributed by atoms with Gasteiger partial charge in [-0.15, -0.1) is 0 Å². The molecule has 106 valence electrons. The maximum atomic E-state index is 13.7. The van der Waals surface area contributed by atoms with Gasteiger partial charge in [0, 0.05) is 31.3 Å². The van der Waals surface area contributed by atoms with Crippen molar-refractivity contribution < 1.29 is 13.2 Å². The third kappa shape index (κ3) is 3.41. The summed E-state index contributed by atoms with van der Waals surface area (Å²) in [7, 11) is 0. The van der Waals surface area contributed by atoms with Gasteiger partial charge in [-0.3, -0.25) is 0 Å². The van der Waals surface area contributed by atoms with Crippen LogP contribution in [0.4, 0.5) is 18.9 Å². The van der Waals surface area contributed by atoms with E-state index in [0.717, 1.165) is 31.9 Å². The highest BCUT2D eigenvalue weighted by Crippen LogP contribution is 2.25. The summed E-state index contributed by atoms with van der Waals surface area (Å²) in [6.07, 6.45) is 2.86. The minimum Gasteiger partial charge on any atom is -0.369 e. The lowest BCUT2D eigenvalue weighted by molar-refractivity contribution is 0.412. The number of nitrogens with zero attached hydrogens (tertiary/aromatic N) is 1. The van der Waals surface area contributed by atoms with E-state index >= 15 is 0 Å². The van der Waals surface area contributed by atoms with Crippen LogP contribution in [0.2, 0.25) is 0 Å². The Kier molecular flexibility index (Phi) is 4.69. The lowest BCUT2D eigenvalue weighted by atomic mass is 10.0. The van der Waals surface area contributed by atoms with E-state index in [-0.39, 0.29) is 5.69 Å². The van der Waals surface area contributed by atoms with Gasteiger partial charge in [0.1, 0.15) is 5.82 Å². The first kappa shape index (κ1) is 14.2. The van der Waals surface area contributed by atoms with Crippen LogP contribution in [-0.2, 0) is 0 Å². The number of hydrogen-bond acceptors (Lipinski definition) is 2. The molecule has 1 aromatic rings. The van der Waals surface area contributed by atoms with Crippen LogP contribution in [-0.4, -0.2) is 25.7 Å². The molecule has 19 heavy (non-hydrogen) atoms. The molecule has 0 aromatic heterocycles. The fourth-order valence-corrected chi connectivity index (χ4v) is 2.43. The summed E-state index contributed by atoms with van der Waals surface area (Å²) in [5, 5.41) is 3.42. The summed E-state index contributed by atoms with van der Waals surface area (Å²) < 4.78 is 39.7. The normalized spacial score (nSPS) is 16.9. The summed E-state index contributed by atoms with van der Waals surface area (Å²) in [6.45, 7) is 4.40. The molecule has 1 saturated heterocycles. The summed E-state index contributed by atoms with van der Waals surface area (Å²) in [5.74, 6) is -2.83. The van der Waals surface area contributed by atoms with E-state index in [4.69, 9.17) is 0 Å². The van der Waals surface area contributed by atoms with Crippen LogP contribution in [0.3, 0.4) is 0 Å². The number of halogens is 3. The largest absolute Gasteiger partial charge is 0.369 e. The molecule has 1 aromatic carbocycles. The van der Waals surface area contributed by atoms with E-state index < -0.39 is 17.5 Å². The standard InChI is InChI=1S/C14H19F3N2/c1-2-5-18-10-3-6-19(7-4-10)14-9-12(16)11(15)8-13(14)17/h8-10,18H,2-7H2,1H3. The van der Waals surface area contributed by atoms with E-state index in [0.29, 0.717) is 25.2 Å². The second-order valence-electron chi connectivity index (χ2n) is 4.93. The van der Waals surface area contributed by atoms with Crippen LogP contribution < -0.4 is 10.2 Å². The van der Waals surface area contributed by atoms with Crippen LogP contribution in [0.25, 0.3) is 0 Å². The fourth-order valence-electron chi connectivity index (χ4n) is 2.43. The summed E-state index contributed by atoms with van der Waals surface area (Å²) in [5.41, 5.74) is 0.160. The smallest absolute Gasteiger partial charge is 0.161 e. The van der Waals surface area contributed by atoms with Gasteiger partial charge in [0.05, 0.1) is 5.69 Å². The van der Waals surface area contributed by atoms with Crippen molar-refractivity contribution in [2.24, 2.45) is 0 Å². The van der Waals surface area contributed by atoms with Crippen LogP contribution in [0.5, 0.6) is 0 Å². The van der Waals surface area contributed by atoms with Crippen LogP contribution in [0, 0.1) is 17.5 Å².